The summed E-state index contributed by atoms with van der Waals surface area (Å²) in [6.07, 6.45) is 0.238. The number of alkyl halides is 3. The van der Waals surface area contributed by atoms with Gasteiger partial charge in [-0.1, -0.05) is 5.21 Å². The molecule has 0 radical (unpaired) electrons. The lowest BCUT2D eigenvalue weighted by molar-refractivity contribution is -0.137. The van der Waals surface area contributed by atoms with E-state index >= 15 is 0 Å². The summed E-state index contributed by atoms with van der Waals surface area (Å²) in [5, 5.41) is 15.3. The number of aryl methyl sites for hydroxylation is 2. The molecule has 1 amide bonds. The average molecular weight is 568 g/mol. The largest absolute Gasteiger partial charge is 0.416 e. The first kappa shape index (κ1) is 28.3. The van der Waals surface area contributed by atoms with Crippen molar-refractivity contribution in [3.63, 3.8) is 0 Å². The van der Waals surface area contributed by atoms with E-state index in [1.807, 2.05) is 18.9 Å². The first-order valence-electron chi connectivity index (χ1n) is 13.3. The van der Waals surface area contributed by atoms with E-state index in [-0.39, 0.29) is 11.3 Å². The second-order valence-electron chi connectivity index (χ2n) is 10.5. The number of aromatic nitrogens is 6. The van der Waals surface area contributed by atoms with Gasteiger partial charge in [-0.25, -0.2) is 4.68 Å². The Morgan fingerprint density at radius 2 is 1.76 bits per heavy atom. The van der Waals surface area contributed by atoms with Gasteiger partial charge in [0.15, 0.2) is 0 Å². The van der Waals surface area contributed by atoms with E-state index in [0.717, 1.165) is 36.5 Å². The van der Waals surface area contributed by atoms with Crippen molar-refractivity contribution in [2.24, 2.45) is 7.05 Å². The van der Waals surface area contributed by atoms with Gasteiger partial charge in [0.2, 0.25) is 0 Å². The van der Waals surface area contributed by atoms with Crippen molar-refractivity contribution >= 4 is 17.3 Å². The van der Waals surface area contributed by atoms with E-state index in [9.17, 15) is 18.0 Å². The molecule has 4 aromatic rings. The maximum atomic E-state index is 13.8. The summed E-state index contributed by atoms with van der Waals surface area (Å²) in [7, 11) is 1.83. The fraction of sp³-hybridized carbons (Fsp3) is 0.393. The van der Waals surface area contributed by atoms with Crippen LogP contribution in [0.4, 0.5) is 24.5 Å². The molecule has 1 N–H and O–H groups in total. The first-order chi connectivity index (χ1) is 19.4. The molecule has 4 heterocycles. The fourth-order valence-corrected chi connectivity index (χ4v) is 4.86. The summed E-state index contributed by atoms with van der Waals surface area (Å²) in [6, 6.07) is 5.63. The van der Waals surface area contributed by atoms with Gasteiger partial charge in [-0.05, 0) is 52.0 Å². The van der Waals surface area contributed by atoms with Crippen LogP contribution in [0.1, 0.15) is 41.2 Å². The minimum absolute atomic E-state index is 0.0586. The van der Waals surface area contributed by atoms with Gasteiger partial charge < -0.3 is 10.2 Å². The first-order valence-corrected chi connectivity index (χ1v) is 13.3. The van der Waals surface area contributed by atoms with Gasteiger partial charge in [0.25, 0.3) is 5.91 Å². The number of hydrogen-bond donors (Lipinski definition) is 1. The van der Waals surface area contributed by atoms with Crippen LogP contribution in [0.2, 0.25) is 0 Å². The summed E-state index contributed by atoms with van der Waals surface area (Å²) < 4.78 is 44.7. The maximum Gasteiger partial charge on any atom is 0.416 e. The number of benzene rings is 1. The van der Waals surface area contributed by atoms with Crippen molar-refractivity contribution in [3.8, 4) is 16.9 Å². The lowest BCUT2D eigenvalue weighted by Crippen LogP contribution is -2.49. The monoisotopic (exact) mass is 567 g/mol. The zero-order valence-corrected chi connectivity index (χ0v) is 23.6. The van der Waals surface area contributed by atoms with Crippen molar-refractivity contribution < 1.29 is 18.0 Å². The highest BCUT2D eigenvalue weighted by atomic mass is 19.4. The van der Waals surface area contributed by atoms with E-state index in [1.165, 1.54) is 10.9 Å². The van der Waals surface area contributed by atoms with Gasteiger partial charge in [-0.2, -0.15) is 18.3 Å². The van der Waals surface area contributed by atoms with E-state index in [0.29, 0.717) is 41.9 Å². The summed E-state index contributed by atoms with van der Waals surface area (Å²) in [5.41, 5.74) is 3.30. The number of nitrogens with zero attached hydrogens (tertiary/aromatic N) is 8. The van der Waals surface area contributed by atoms with Crippen molar-refractivity contribution in [1.82, 2.24) is 34.7 Å². The molecular weight excluding hydrogens is 535 g/mol. The molecule has 0 unspecified atom stereocenters. The molecule has 41 heavy (non-hydrogen) atoms. The number of anilines is 2. The number of nitrogens with one attached hydrogen (secondary N) is 1. The van der Waals surface area contributed by atoms with Gasteiger partial charge in [0.05, 0.1) is 34.9 Å². The number of pyridine rings is 1. The highest BCUT2D eigenvalue weighted by Gasteiger charge is 2.32. The van der Waals surface area contributed by atoms with E-state index < -0.39 is 17.6 Å². The molecule has 1 aliphatic rings. The quantitative estimate of drug-likeness (QED) is 0.367. The number of rotatable bonds is 6. The third-order valence-electron chi connectivity index (χ3n) is 7.49. The number of halogens is 3. The second-order valence-corrected chi connectivity index (χ2v) is 10.5. The Bertz CT molecular complexity index is 1570. The molecule has 1 fully saturated rings. The minimum Gasteiger partial charge on any atom is -0.369 e. The van der Waals surface area contributed by atoms with Crippen LogP contribution in [0.5, 0.6) is 0 Å². The Hall–Kier alpha value is -4.26. The Morgan fingerprint density at radius 1 is 1.02 bits per heavy atom. The Kier molecular flexibility index (Phi) is 7.56. The lowest BCUT2D eigenvalue weighted by Gasteiger charge is -2.38. The number of carbonyl (C=O) groups excluding carboxylic acids is 1. The standard InChI is InChI=1S/C28H32F3N9O/c1-17(2)38-6-8-39(9-7-38)23-12-21(28(29,30)31)11-22(13-23)34-27(41)20-10-26(18(3)32-14-20)40-16-25(35-36-40)24-15-33-37(5)19(24)4/h10-17H,6-9H2,1-5H3,(H,34,41). The Balaban J connectivity index is 1.40. The van der Waals surface area contributed by atoms with Gasteiger partial charge >= 0.3 is 6.18 Å². The average Bonchev–Trinajstić information content (AvgIpc) is 3.54. The van der Waals surface area contributed by atoms with Gasteiger partial charge in [-0.15, -0.1) is 5.10 Å². The normalized spacial score (nSPS) is 14.6. The van der Waals surface area contributed by atoms with Crippen molar-refractivity contribution in [1.29, 1.82) is 0 Å². The summed E-state index contributed by atoms with van der Waals surface area (Å²) >= 11 is 0. The van der Waals surface area contributed by atoms with Gasteiger partial charge in [-0.3, -0.25) is 19.4 Å². The third kappa shape index (κ3) is 5.94. The highest BCUT2D eigenvalue weighted by Crippen LogP contribution is 2.35. The zero-order valence-electron chi connectivity index (χ0n) is 23.6. The van der Waals surface area contributed by atoms with Crippen LogP contribution in [-0.2, 0) is 13.2 Å². The van der Waals surface area contributed by atoms with Crippen LogP contribution in [0.15, 0.2) is 42.9 Å². The topological polar surface area (TPSA) is 97.0 Å². The summed E-state index contributed by atoms with van der Waals surface area (Å²) in [6.45, 7) is 10.6. The van der Waals surface area contributed by atoms with Crippen molar-refractivity contribution in [3.05, 3.63) is 65.4 Å². The van der Waals surface area contributed by atoms with Gasteiger partial charge in [0.1, 0.15) is 5.69 Å². The van der Waals surface area contributed by atoms with E-state index in [2.05, 4.69) is 44.5 Å². The van der Waals surface area contributed by atoms with Gasteiger partial charge in [0, 0.05) is 68.1 Å². The lowest BCUT2D eigenvalue weighted by atomic mass is 10.1. The summed E-state index contributed by atoms with van der Waals surface area (Å²) in [5.74, 6) is -0.586. The van der Waals surface area contributed by atoms with Crippen LogP contribution in [0.25, 0.3) is 16.9 Å². The molecule has 0 aliphatic carbocycles. The van der Waals surface area contributed by atoms with Crippen LogP contribution >= 0.6 is 0 Å². The minimum atomic E-state index is -4.56. The Labute approximate surface area is 235 Å². The molecule has 0 saturated carbocycles. The number of amides is 1. The molecule has 3 aromatic heterocycles. The molecule has 10 nitrogen and oxygen atoms in total. The van der Waals surface area contributed by atoms with E-state index in [1.54, 1.807) is 36.1 Å². The molecule has 1 aliphatic heterocycles. The molecule has 216 valence electrons. The number of piperazine rings is 1. The second kappa shape index (κ2) is 11.0. The predicted molar refractivity (Wildman–Crippen MR) is 149 cm³/mol. The van der Waals surface area contributed by atoms with Crippen LogP contribution < -0.4 is 10.2 Å². The molecule has 5 rings (SSSR count). The highest BCUT2D eigenvalue weighted by molar-refractivity contribution is 6.04. The third-order valence-corrected chi connectivity index (χ3v) is 7.49. The maximum absolute atomic E-state index is 13.8. The molecule has 13 heteroatoms. The summed E-state index contributed by atoms with van der Waals surface area (Å²) in [4.78, 5) is 21.8. The molecule has 0 bridgehead atoms. The molecule has 1 aromatic carbocycles. The molecular formula is C28H32F3N9O. The fourth-order valence-electron chi connectivity index (χ4n) is 4.86. The Morgan fingerprint density at radius 3 is 2.39 bits per heavy atom. The smallest absolute Gasteiger partial charge is 0.369 e. The van der Waals surface area contributed by atoms with Crippen LogP contribution in [0, 0.1) is 13.8 Å². The van der Waals surface area contributed by atoms with Crippen molar-refractivity contribution in [2.45, 2.75) is 39.9 Å². The van der Waals surface area contributed by atoms with Crippen LogP contribution in [0.3, 0.4) is 0 Å². The van der Waals surface area contributed by atoms with Crippen molar-refractivity contribution in [2.75, 3.05) is 36.4 Å². The number of carbonyl (C=O) groups is 1. The predicted octanol–water partition coefficient (Wildman–Crippen LogP) is 4.48. The number of hydrogen-bond acceptors (Lipinski definition) is 7. The molecule has 0 spiro atoms. The zero-order chi connectivity index (χ0) is 29.5. The molecule has 1 saturated heterocycles. The van der Waals surface area contributed by atoms with Crippen LogP contribution in [-0.4, -0.2) is 72.8 Å². The SMILES string of the molecule is Cc1ncc(C(=O)Nc2cc(N3CCN(C(C)C)CC3)cc(C(F)(F)F)c2)cc1-n1cc(-c2cnn(C)c2C)nn1. The molecule has 0 atom stereocenters. The van der Waals surface area contributed by atoms with E-state index in [4.69, 9.17) is 0 Å².